The first-order valence-corrected chi connectivity index (χ1v) is 7.72. The van der Waals surface area contributed by atoms with Crippen LogP contribution < -0.4 is 10.1 Å². The third-order valence-corrected chi connectivity index (χ3v) is 3.53. The van der Waals surface area contributed by atoms with Crippen molar-refractivity contribution in [3.05, 3.63) is 33.9 Å². The third kappa shape index (κ3) is 4.40. The van der Waals surface area contributed by atoms with Gasteiger partial charge in [0.1, 0.15) is 5.75 Å². The zero-order valence-corrected chi connectivity index (χ0v) is 11.7. The lowest BCUT2D eigenvalue weighted by Gasteiger charge is -2.11. The molecule has 6 heteroatoms. The molecule has 0 aliphatic heterocycles. The van der Waals surface area contributed by atoms with Gasteiger partial charge in [-0.1, -0.05) is 0 Å². The van der Waals surface area contributed by atoms with Gasteiger partial charge in [0, 0.05) is 36.0 Å². The average Bonchev–Trinajstić information content (AvgIpc) is 3.21. The number of hydrogen-bond acceptors (Lipinski definition) is 5. The van der Waals surface area contributed by atoms with Gasteiger partial charge in [-0.25, -0.2) is 0 Å². The highest BCUT2D eigenvalue weighted by molar-refractivity contribution is 7.98. The number of nitro groups is 1. The maximum absolute atomic E-state index is 10.8. The van der Waals surface area contributed by atoms with E-state index in [-0.39, 0.29) is 10.6 Å². The molecular weight excluding hydrogens is 264 g/mol. The Balaban J connectivity index is 2.06. The minimum Gasteiger partial charge on any atom is -0.492 e. The number of nitrogens with zero attached hydrogens (tertiary/aromatic N) is 1. The van der Waals surface area contributed by atoms with E-state index in [0.29, 0.717) is 19.2 Å². The molecule has 0 unspecified atom stereocenters. The molecule has 1 aliphatic rings. The second-order valence-corrected chi connectivity index (χ2v) is 5.53. The lowest BCUT2D eigenvalue weighted by molar-refractivity contribution is -0.384. The molecular formula is C13H18N2O3S. The van der Waals surface area contributed by atoms with Crippen LogP contribution in [0.5, 0.6) is 5.75 Å². The summed E-state index contributed by atoms with van der Waals surface area (Å²) in [5, 5.41) is 14.2. The summed E-state index contributed by atoms with van der Waals surface area (Å²) in [6, 6.07) is 5.36. The van der Waals surface area contributed by atoms with Crippen molar-refractivity contribution >= 4 is 17.4 Å². The Labute approximate surface area is 116 Å². The molecule has 0 heterocycles. The first kappa shape index (κ1) is 14.1. The Hall–Kier alpha value is -1.27. The summed E-state index contributed by atoms with van der Waals surface area (Å²) in [5.74, 6) is 1.65. The smallest absolute Gasteiger partial charge is 0.270 e. The number of hydrogen-bond donors (Lipinski definition) is 1. The van der Waals surface area contributed by atoms with Crippen LogP contribution in [0, 0.1) is 10.1 Å². The van der Waals surface area contributed by atoms with Crippen molar-refractivity contribution in [1.82, 2.24) is 5.32 Å². The Kier molecular flexibility index (Phi) is 5.04. The zero-order chi connectivity index (χ0) is 13.7. The van der Waals surface area contributed by atoms with E-state index in [1.54, 1.807) is 23.9 Å². The van der Waals surface area contributed by atoms with Crippen molar-refractivity contribution in [2.75, 3.05) is 18.6 Å². The monoisotopic (exact) mass is 282 g/mol. The second-order valence-electron chi connectivity index (χ2n) is 4.55. The normalized spacial score (nSPS) is 14.4. The van der Waals surface area contributed by atoms with Gasteiger partial charge in [-0.2, -0.15) is 11.8 Å². The molecule has 1 fully saturated rings. The number of nitro benzene ring substituents is 1. The third-order valence-electron chi connectivity index (χ3n) is 2.96. The molecule has 0 amide bonds. The van der Waals surface area contributed by atoms with Crippen molar-refractivity contribution in [2.45, 2.75) is 25.4 Å². The predicted octanol–water partition coefficient (Wildman–Crippen LogP) is 2.59. The van der Waals surface area contributed by atoms with Gasteiger partial charge in [0.15, 0.2) is 0 Å². The van der Waals surface area contributed by atoms with E-state index in [2.05, 4.69) is 5.32 Å². The van der Waals surface area contributed by atoms with Gasteiger partial charge in [-0.3, -0.25) is 10.1 Å². The SMILES string of the molecule is CSCCOc1ccc([N+](=O)[O-])cc1CNC1CC1. The fraction of sp³-hybridized carbons (Fsp3) is 0.538. The van der Waals surface area contributed by atoms with E-state index in [4.69, 9.17) is 4.74 Å². The summed E-state index contributed by atoms with van der Waals surface area (Å²) in [6.07, 6.45) is 4.41. The van der Waals surface area contributed by atoms with Crippen LogP contribution in [0.15, 0.2) is 18.2 Å². The second kappa shape index (κ2) is 6.77. The standard InChI is InChI=1S/C13H18N2O3S/c1-19-7-6-18-13-5-4-12(15(16)17)8-10(13)9-14-11-2-3-11/h4-5,8,11,14H,2-3,6-7,9H2,1H3. The number of non-ortho nitro benzene ring substituents is 1. The number of thioether (sulfide) groups is 1. The van der Waals surface area contributed by atoms with Gasteiger partial charge in [-0.15, -0.1) is 0 Å². The molecule has 2 rings (SSSR count). The molecule has 0 atom stereocenters. The highest BCUT2D eigenvalue weighted by atomic mass is 32.2. The van der Waals surface area contributed by atoms with E-state index in [9.17, 15) is 10.1 Å². The maximum atomic E-state index is 10.8. The minimum absolute atomic E-state index is 0.116. The van der Waals surface area contributed by atoms with Gasteiger partial charge >= 0.3 is 0 Å². The molecule has 0 aromatic heterocycles. The van der Waals surface area contributed by atoms with E-state index in [0.717, 1.165) is 17.1 Å². The Morgan fingerprint density at radius 3 is 2.95 bits per heavy atom. The minimum atomic E-state index is -0.369. The van der Waals surface area contributed by atoms with Gasteiger partial charge in [-0.05, 0) is 25.2 Å². The molecule has 1 N–H and O–H groups in total. The van der Waals surface area contributed by atoms with Gasteiger partial charge in [0.05, 0.1) is 11.5 Å². The molecule has 1 aromatic carbocycles. The number of nitrogens with one attached hydrogen (secondary N) is 1. The van der Waals surface area contributed by atoms with Crippen molar-refractivity contribution in [3.63, 3.8) is 0 Å². The summed E-state index contributed by atoms with van der Waals surface area (Å²) in [6.45, 7) is 1.25. The van der Waals surface area contributed by atoms with E-state index >= 15 is 0 Å². The fourth-order valence-corrected chi connectivity index (χ4v) is 1.99. The quantitative estimate of drug-likeness (QED) is 0.451. The summed E-state index contributed by atoms with van der Waals surface area (Å²) in [7, 11) is 0. The van der Waals surface area contributed by atoms with Crippen LogP contribution in [0.2, 0.25) is 0 Å². The molecule has 104 valence electrons. The van der Waals surface area contributed by atoms with Crippen LogP contribution in [-0.2, 0) is 6.54 Å². The summed E-state index contributed by atoms with van der Waals surface area (Å²) in [5.41, 5.74) is 0.979. The van der Waals surface area contributed by atoms with Crippen molar-refractivity contribution < 1.29 is 9.66 Å². The molecule has 1 saturated carbocycles. The lowest BCUT2D eigenvalue weighted by atomic mass is 10.1. The maximum Gasteiger partial charge on any atom is 0.270 e. The fourth-order valence-electron chi connectivity index (χ4n) is 1.74. The van der Waals surface area contributed by atoms with E-state index in [1.165, 1.54) is 18.9 Å². The van der Waals surface area contributed by atoms with Crippen LogP contribution >= 0.6 is 11.8 Å². The Morgan fingerprint density at radius 2 is 2.32 bits per heavy atom. The van der Waals surface area contributed by atoms with Crippen molar-refractivity contribution in [3.8, 4) is 5.75 Å². The van der Waals surface area contributed by atoms with Crippen LogP contribution in [0.3, 0.4) is 0 Å². The van der Waals surface area contributed by atoms with Crippen LogP contribution in [0.25, 0.3) is 0 Å². The molecule has 0 spiro atoms. The highest BCUT2D eigenvalue weighted by Gasteiger charge is 2.21. The van der Waals surface area contributed by atoms with Crippen molar-refractivity contribution in [2.24, 2.45) is 0 Å². The van der Waals surface area contributed by atoms with E-state index < -0.39 is 0 Å². The molecule has 0 bridgehead atoms. The van der Waals surface area contributed by atoms with Gasteiger partial charge < -0.3 is 10.1 Å². The lowest BCUT2D eigenvalue weighted by Crippen LogP contribution is -2.16. The number of rotatable bonds is 8. The Bertz CT molecular complexity index is 450. The first-order valence-electron chi connectivity index (χ1n) is 6.33. The summed E-state index contributed by atoms with van der Waals surface area (Å²) >= 11 is 1.71. The van der Waals surface area contributed by atoms with Gasteiger partial charge in [0.25, 0.3) is 5.69 Å². The van der Waals surface area contributed by atoms with Crippen LogP contribution in [-0.4, -0.2) is 29.6 Å². The molecule has 1 aromatic rings. The number of benzene rings is 1. The summed E-state index contributed by atoms with van der Waals surface area (Å²) < 4.78 is 5.68. The zero-order valence-electron chi connectivity index (χ0n) is 10.9. The number of ether oxygens (including phenoxy) is 1. The molecule has 5 nitrogen and oxygen atoms in total. The molecule has 19 heavy (non-hydrogen) atoms. The molecule has 0 radical (unpaired) electrons. The van der Waals surface area contributed by atoms with Crippen LogP contribution in [0.1, 0.15) is 18.4 Å². The van der Waals surface area contributed by atoms with Gasteiger partial charge in [0.2, 0.25) is 0 Å². The summed E-state index contributed by atoms with van der Waals surface area (Å²) in [4.78, 5) is 10.4. The first-order chi connectivity index (χ1) is 9.20. The van der Waals surface area contributed by atoms with Crippen LogP contribution in [0.4, 0.5) is 5.69 Å². The molecule has 0 saturated heterocycles. The average molecular weight is 282 g/mol. The van der Waals surface area contributed by atoms with Crippen molar-refractivity contribution in [1.29, 1.82) is 0 Å². The highest BCUT2D eigenvalue weighted by Crippen LogP contribution is 2.26. The predicted molar refractivity (Wildman–Crippen MR) is 76.8 cm³/mol. The van der Waals surface area contributed by atoms with E-state index in [1.807, 2.05) is 6.26 Å². The topological polar surface area (TPSA) is 64.4 Å². The molecule has 1 aliphatic carbocycles. The largest absolute Gasteiger partial charge is 0.492 e. The Morgan fingerprint density at radius 1 is 1.53 bits per heavy atom.